The van der Waals surface area contributed by atoms with Crippen molar-refractivity contribution in [1.82, 2.24) is 10.2 Å². The smallest absolute Gasteiger partial charge is 0.235 e. The van der Waals surface area contributed by atoms with Crippen molar-refractivity contribution in [3.05, 3.63) is 0 Å². The third-order valence-electron chi connectivity index (χ3n) is 4.48. The molecule has 0 bridgehead atoms. The van der Waals surface area contributed by atoms with Gasteiger partial charge in [-0.25, -0.2) is 0 Å². The molecular weight excluding hydrogens is 270 g/mol. The van der Waals surface area contributed by atoms with Crippen LogP contribution >= 0.6 is 0 Å². The Labute approximate surface area is 126 Å². The quantitative estimate of drug-likeness (QED) is 0.784. The van der Waals surface area contributed by atoms with Crippen LogP contribution < -0.4 is 5.32 Å². The number of morpholine rings is 1. The van der Waals surface area contributed by atoms with Gasteiger partial charge in [0.2, 0.25) is 5.91 Å². The van der Waals surface area contributed by atoms with Crippen LogP contribution in [0, 0.1) is 11.3 Å². The third kappa shape index (κ3) is 4.16. The number of amides is 1. The lowest BCUT2D eigenvalue weighted by atomic mass is 9.83. The van der Waals surface area contributed by atoms with Crippen LogP contribution in [-0.4, -0.2) is 59.9 Å². The average Bonchev–Trinajstić information content (AvgIpc) is 2.50. The molecule has 1 amide bonds. The summed E-state index contributed by atoms with van der Waals surface area (Å²) in [4.78, 5) is 14.3. The molecule has 2 aliphatic rings. The topological polar surface area (TPSA) is 85.6 Å². The lowest BCUT2D eigenvalue weighted by Crippen LogP contribution is -2.56. The van der Waals surface area contributed by atoms with Gasteiger partial charge in [-0.3, -0.25) is 9.69 Å². The Morgan fingerprint density at radius 3 is 2.81 bits per heavy atom. The number of nitrogens with one attached hydrogen (secondary N) is 1. The summed E-state index contributed by atoms with van der Waals surface area (Å²) in [6.45, 7) is 3.28. The van der Waals surface area contributed by atoms with Crippen molar-refractivity contribution in [2.75, 3.05) is 26.3 Å². The number of aliphatic hydroxyl groups excluding tert-OH is 1. The van der Waals surface area contributed by atoms with Gasteiger partial charge in [0.15, 0.2) is 0 Å². The van der Waals surface area contributed by atoms with E-state index in [1.165, 1.54) is 0 Å². The van der Waals surface area contributed by atoms with E-state index in [-0.39, 0.29) is 31.2 Å². The summed E-state index contributed by atoms with van der Waals surface area (Å²) < 4.78 is 5.47. The second kappa shape index (κ2) is 7.21. The molecule has 2 N–H and O–H groups in total. The van der Waals surface area contributed by atoms with Gasteiger partial charge in [0.1, 0.15) is 5.54 Å². The molecular formula is C15H25N3O3. The minimum absolute atomic E-state index is 0.0347. The molecule has 2 fully saturated rings. The van der Waals surface area contributed by atoms with Crippen LogP contribution in [0.2, 0.25) is 0 Å². The maximum atomic E-state index is 12.3. The number of hydrogen-bond acceptors (Lipinski definition) is 5. The molecule has 2 unspecified atom stereocenters. The fourth-order valence-electron chi connectivity index (χ4n) is 3.12. The number of rotatable bonds is 4. The molecule has 1 aliphatic carbocycles. The number of ether oxygens (including phenoxy) is 1. The van der Waals surface area contributed by atoms with Crippen molar-refractivity contribution in [2.45, 2.75) is 56.7 Å². The highest BCUT2D eigenvalue weighted by molar-refractivity contribution is 5.79. The Bertz CT molecular complexity index is 401. The van der Waals surface area contributed by atoms with E-state index >= 15 is 0 Å². The van der Waals surface area contributed by atoms with Gasteiger partial charge in [-0.1, -0.05) is 19.3 Å². The second-order valence-corrected chi connectivity index (χ2v) is 6.22. The van der Waals surface area contributed by atoms with Gasteiger partial charge in [0.05, 0.1) is 31.9 Å². The molecule has 2 atom stereocenters. The summed E-state index contributed by atoms with van der Waals surface area (Å²) in [5, 5.41) is 21.5. The Balaban J connectivity index is 1.89. The van der Waals surface area contributed by atoms with Crippen LogP contribution in [0.15, 0.2) is 0 Å². The first-order chi connectivity index (χ1) is 10.1. The number of carbonyl (C=O) groups is 1. The van der Waals surface area contributed by atoms with Gasteiger partial charge in [0.25, 0.3) is 0 Å². The molecule has 1 aliphatic heterocycles. The van der Waals surface area contributed by atoms with Crippen LogP contribution in [0.1, 0.15) is 39.0 Å². The van der Waals surface area contributed by atoms with Crippen LogP contribution in [0.4, 0.5) is 0 Å². The van der Waals surface area contributed by atoms with E-state index in [0.29, 0.717) is 13.2 Å². The second-order valence-electron chi connectivity index (χ2n) is 6.22. The van der Waals surface area contributed by atoms with Crippen molar-refractivity contribution in [3.63, 3.8) is 0 Å². The molecule has 0 spiro atoms. The van der Waals surface area contributed by atoms with Crippen molar-refractivity contribution >= 4 is 5.91 Å². The first kappa shape index (κ1) is 16.2. The minimum Gasteiger partial charge on any atom is -0.394 e. The first-order valence-electron chi connectivity index (χ1n) is 7.77. The molecule has 21 heavy (non-hydrogen) atoms. The number of carbonyl (C=O) groups excluding carboxylic acids is 1. The zero-order chi connectivity index (χ0) is 15.3. The monoisotopic (exact) mass is 295 g/mol. The fourth-order valence-corrected chi connectivity index (χ4v) is 3.12. The summed E-state index contributed by atoms with van der Waals surface area (Å²) in [6, 6.07) is 2.44. The van der Waals surface area contributed by atoms with Gasteiger partial charge in [-0.05, 0) is 19.8 Å². The minimum atomic E-state index is -0.679. The Kier molecular flexibility index (Phi) is 5.57. The van der Waals surface area contributed by atoms with Crippen molar-refractivity contribution < 1.29 is 14.6 Å². The summed E-state index contributed by atoms with van der Waals surface area (Å²) in [7, 11) is 0. The predicted octanol–water partition coefficient (Wildman–Crippen LogP) is 0.411. The molecule has 6 nitrogen and oxygen atoms in total. The van der Waals surface area contributed by atoms with E-state index in [1.54, 1.807) is 0 Å². The number of aliphatic hydroxyl groups is 1. The molecule has 0 aromatic heterocycles. The fraction of sp³-hybridized carbons (Fsp3) is 0.867. The molecule has 2 rings (SSSR count). The van der Waals surface area contributed by atoms with Gasteiger partial charge >= 0.3 is 0 Å². The number of nitrogens with zero attached hydrogens (tertiary/aromatic N) is 2. The van der Waals surface area contributed by atoms with Crippen molar-refractivity contribution in [3.8, 4) is 6.07 Å². The first-order valence-corrected chi connectivity index (χ1v) is 7.77. The van der Waals surface area contributed by atoms with E-state index in [4.69, 9.17) is 4.74 Å². The molecule has 1 saturated carbocycles. The maximum Gasteiger partial charge on any atom is 0.235 e. The standard InChI is InChI=1S/C15H25N3O3/c1-12-10-21-13(9-19)7-18(12)8-14(20)17-15(11-16)5-3-2-4-6-15/h12-13,19H,2-10H2,1H3,(H,17,20). The van der Waals surface area contributed by atoms with Crippen LogP contribution in [0.5, 0.6) is 0 Å². The molecule has 0 aromatic rings. The summed E-state index contributed by atoms with van der Waals surface area (Å²) >= 11 is 0. The zero-order valence-corrected chi connectivity index (χ0v) is 12.7. The van der Waals surface area contributed by atoms with E-state index < -0.39 is 5.54 Å². The number of hydrogen-bond donors (Lipinski definition) is 2. The normalized spacial score (nSPS) is 29.6. The van der Waals surface area contributed by atoms with Crippen LogP contribution in [-0.2, 0) is 9.53 Å². The van der Waals surface area contributed by atoms with Gasteiger partial charge in [0, 0.05) is 12.6 Å². The molecule has 0 aromatic carbocycles. The summed E-state index contributed by atoms with van der Waals surface area (Å²) in [6.07, 6.45) is 4.38. The Morgan fingerprint density at radius 2 is 2.19 bits per heavy atom. The summed E-state index contributed by atoms with van der Waals surface area (Å²) in [5.41, 5.74) is -0.679. The van der Waals surface area contributed by atoms with Gasteiger partial charge in [-0.15, -0.1) is 0 Å². The SMILES string of the molecule is CC1COC(CO)CN1CC(=O)NC1(C#N)CCCCC1. The van der Waals surface area contributed by atoms with E-state index in [1.807, 2.05) is 11.8 Å². The predicted molar refractivity (Wildman–Crippen MR) is 77.4 cm³/mol. The highest BCUT2D eigenvalue weighted by Gasteiger charge is 2.35. The van der Waals surface area contributed by atoms with Crippen molar-refractivity contribution in [2.24, 2.45) is 0 Å². The lowest BCUT2D eigenvalue weighted by Gasteiger charge is -2.38. The average molecular weight is 295 g/mol. The van der Waals surface area contributed by atoms with Gasteiger partial charge in [-0.2, -0.15) is 5.26 Å². The maximum absolute atomic E-state index is 12.3. The lowest BCUT2D eigenvalue weighted by molar-refractivity contribution is -0.129. The molecule has 6 heteroatoms. The highest BCUT2D eigenvalue weighted by atomic mass is 16.5. The summed E-state index contributed by atoms with van der Waals surface area (Å²) in [5.74, 6) is -0.108. The van der Waals surface area contributed by atoms with E-state index in [9.17, 15) is 15.2 Å². The Hall–Kier alpha value is -1.16. The van der Waals surface area contributed by atoms with E-state index in [2.05, 4.69) is 11.4 Å². The van der Waals surface area contributed by atoms with E-state index in [0.717, 1.165) is 32.1 Å². The van der Waals surface area contributed by atoms with Crippen LogP contribution in [0.3, 0.4) is 0 Å². The van der Waals surface area contributed by atoms with Crippen molar-refractivity contribution in [1.29, 1.82) is 5.26 Å². The zero-order valence-electron chi connectivity index (χ0n) is 12.7. The largest absolute Gasteiger partial charge is 0.394 e. The molecule has 0 radical (unpaired) electrons. The molecule has 1 saturated heterocycles. The molecule has 1 heterocycles. The highest BCUT2D eigenvalue weighted by Crippen LogP contribution is 2.27. The van der Waals surface area contributed by atoms with Gasteiger partial charge < -0.3 is 15.2 Å². The van der Waals surface area contributed by atoms with Crippen LogP contribution in [0.25, 0.3) is 0 Å². The number of nitriles is 1. The third-order valence-corrected chi connectivity index (χ3v) is 4.48. The molecule has 118 valence electrons. The Morgan fingerprint density at radius 1 is 1.48 bits per heavy atom.